The first-order chi connectivity index (χ1) is 12.4. The van der Waals surface area contributed by atoms with Gasteiger partial charge < -0.3 is 9.64 Å². The number of carbonyl (C=O) groups excluding carboxylic acids is 1. The summed E-state index contributed by atoms with van der Waals surface area (Å²) in [6.07, 6.45) is -1.86. The van der Waals surface area contributed by atoms with Gasteiger partial charge in [0.05, 0.1) is 17.8 Å². The molecule has 0 unspecified atom stereocenters. The van der Waals surface area contributed by atoms with Crippen LogP contribution in [0.15, 0.2) is 23.8 Å². The summed E-state index contributed by atoms with van der Waals surface area (Å²) in [6, 6.07) is 2.20. The first kappa shape index (κ1) is 18.6. The number of ether oxygens (including phenoxy) is 1. The number of rotatable bonds is 4. The van der Waals surface area contributed by atoms with Gasteiger partial charge in [-0.2, -0.15) is 13.2 Å². The molecule has 0 saturated carbocycles. The number of aromatic nitrogens is 2. The highest BCUT2D eigenvalue weighted by Crippen LogP contribution is 2.35. The maximum Gasteiger partial charge on any atom is 0.421 e. The highest BCUT2D eigenvalue weighted by molar-refractivity contribution is 7.11. The molecule has 0 atom stereocenters. The molecule has 0 bridgehead atoms. The van der Waals surface area contributed by atoms with Gasteiger partial charge in [-0.15, -0.1) is 11.3 Å². The van der Waals surface area contributed by atoms with Crippen molar-refractivity contribution in [2.75, 3.05) is 19.7 Å². The molecule has 0 spiro atoms. The SMILES string of the molecule is Cc1ncsc1C(=O)N1CCC(COc2ncccc2C(F)(F)F)CC1. The molecule has 0 N–H and O–H groups in total. The monoisotopic (exact) mass is 385 g/mol. The van der Waals surface area contributed by atoms with Gasteiger partial charge in [-0.1, -0.05) is 0 Å². The molecular formula is C17H18F3N3O2S. The Morgan fingerprint density at radius 2 is 2.08 bits per heavy atom. The van der Waals surface area contributed by atoms with E-state index in [0.717, 1.165) is 11.8 Å². The van der Waals surface area contributed by atoms with E-state index in [1.54, 1.807) is 17.3 Å². The Hall–Kier alpha value is -2.16. The van der Waals surface area contributed by atoms with Gasteiger partial charge in [0, 0.05) is 19.3 Å². The van der Waals surface area contributed by atoms with E-state index in [9.17, 15) is 18.0 Å². The summed E-state index contributed by atoms with van der Waals surface area (Å²) in [5.74, 6) is -0.336. The largest absolute Gasteiger partial charge is 0.477 e. The molecule has 2 aromatic rings. The third-order valence-corrected chi connectivity index (χ3v) is 5.29. The summed E-state index contributed by atoms with van der Waals surface area (Å²) in [7, 11) is 0. The van der Waals surface area contributed by atoms with Gasteiger partial charge in [0.25, 0.3) is 5.91 Å². The van der Waals surface area contributed by atoms with Gasteiger partial charge in [0.2, 0.25) is 5.88 Å². The second-order valence-corrected chi connectivity index (χ2v) is 7.02. The Bertz CT molecular complexity index is 771. The summed E-state index contributed by atoms with van der Waals surface area (Å²) in [6.45, 7) is 3.06. The topological polar surface area (TPSA) is 55.3 Å². The molecule has 140 valence electrons. The highest BCUT2D eigenvalue weighted by atomic mass is 32.1. The molecule has 0 aliphatic carbocycles. The van der Waals surface area contributed by atoms with Crippen LogP contribution in [0.1, 0.15) is 33.8 Å². The summed E-state index contributed by atoms with van der Waals surface area (Å²) in [4.78, 5) is 22.7. The minimum absolute atomic E-state index is 0.0338. The maximum atomic E-state index is 13.0. The third kappa shape index (κ3) is 4.14. The number of pyridine rings is 1. The van der Waals surface area contributed by atoms with Gasteiger partial charge in [0.15, 0.2) is 0 Å². The molecule has 2 aromatic heterocycles. The number of alkyl halides is 3. The van der Waals surface area contributed by atoms with Gasteiger partial charge in [-0.3, -0.25) is 4.79 Å². The van der Waals surface area contributed by atoms with E-state index in [1.165, 1.54) is 23.6 Å². The summed E-state index contributed by atoms with van der Waals surface area (Å²) in [5, 5.41) is 0. The van der Waals surface area contributed by atoms with Crippen LogP contribution in [0.3, 0.4) is 0 Å². The molecular weight excluding hydrogens is 367 g/mol. The quantitative estimate of drug-likeness (QED) is 0.803. The fraction of sp³-hybridized carbons (Fsp3) is 0.471. The molecule has 0 radical (unpaired) electrons. The summed E-state index contributed by atoms with van der Waals surface area (Å²) < 4.78 is 44.2. The van der Waals surface area contributed by atoms with E-state index in [-0.39, 0.29) is 18.4 Å². The predicted octanol–water partition coefficient (Wildman–Crippen LogP) is 3.80. The number of aryl methyl sites for hydroxylation is 1. The third-order valence-electron chi connectivity index (χ3n) is 4.37. The first-order valence-corrected chi connectivity index (χ1v) is 9.08. The molecule has 1 aliphatic rings. The zero-order valence-electron chi connectivity index (χ0n) is 14.1. The van der Waals surface area contributed by atoms with Crippen molar-refractivity contribution in [1.82, 2.24) is 14.9 Å². The van der Waals surface area contributed by atoms with Crippen LogP contribution in [0.5, 0.6) is 5.88 Å². The van der Waals surface area contributed by atoms with Gasteiger partial charge in [-0.05, 0) is 37.8 Å². The molecule has 26 heavy (non-hydrogen) atoms. The number of carbonyl (C=O) groups is 1. The van der Waals surface area contributed by atoms with E-state index in [1.807, 2.05) is 0 Å². The second-order valence-electron chi connectivity index (χ2n) is 6.17. The van der Waals surface area contributed by atoms with E-state index in [0.29, 0.717) is 30.8 Å². The standard InChI is InChI=1S/C17H18F3N3O2S/c1-11-14(26-10-22-11)16(24)23-7-4-12(5-8-23)9-25-15-13(17(18,19)20)3-2-6-21-15/h2-3,6,10,12H,4-5,7-9H2,1H3. The van der Waals surface area contributed by atoms with Crippen molar-refractivity contribution < 1.29 is 22.7 Å². The molecule has 1 aliphatic heterocycles. The van der Waals surface area contributed by atoms with E-state index in [2.05, 4.69) is 9.97 Å². The lowest BCUT2D eigenvalue weighted by Crippen LogP contribution is -2.39. The number of amides is 1. The van der Waals surface area contributed by atoms with Crippen molar-refractivity contribution in [3.05, 3.63) is 40.0 Å². The van der Waals surface area contributed by atoms with E-state index in [4.69, 9.17) is 4.74 Å². The lowest BCUT2D eigenvalue weighted by Gasteiger charge is -2.31. The summed E-state index contributed by atoms with van der Waals surface area (Å²) in [5.41, 5.74) is 1.50. The summed E-state index contributed by atoms with van der Waals surface area (Å²) >= 11 is 1.32. The van der Waals surface area contributed by atoms with Crippen LogP contribution in [0.25, 0.3) is 0 Å². The van der Waals surface area contributed by atoms with Crippen LogP contribution in [-0.2, 0) is 6.18 Å². The van der Waals surface area contributed by atoms with E-state index < -0.39 is 17.6 Å². The Kier molecular flexibility index (Phi) is 5.45. The second kappa shape index (κ2) is 7.61. The fourth-order valence-electron chi connectivity index (χ4n) is 2.87. The Balaban J connectivity index is 1.54. The van der Waals surface area contributed by atoms with Gasteiger partial charge in [-0.25, -0.2) is 9.97 Å². The molecule has 1 amide bonds. The average molecular weight is 385 g/mol. The number of thiazole rings is 1. The first-order valence-electron chi connectivity index (χ1n) is 8.20. The molecule has 0 aromatic carbocycles. The average Bonchev–Trinajstić information content (AvgIpc) is 3.05. The highest BCUT2D eigenvalue weighted by Gasteiger charge is 2.35. The number of likely N-dealkylation sites (tertiary alicyclic amines) is 1. The van der Waals surface area contributed by atoms with Crippen molar-refractivity contribution in [3.63, 3.8) is 0 Å². The molecule has 3 heterocycles. The molecule has 9 heteroatoms. The Morgan fingerprint density at radius 1 is 1.35 bits per heavy atom. The van der Waals surface area contributed by atoms with Crippen molar-refractivity contribution in [3.8, 4) is 5.88 Å². The smallest absolute Gasteiger partial charge is 0.421 e. The van der Waals surface area contributed by atoms with Crippen molar-refractivity contribution in [2.45, 2.75) is 25.9 Å². The van der Waals surface area contributed by atoms with Crippen LogP contribution < -0.4 is 4.74 Å². The maximum absolute atomic E-state index is 13.0. The Labute approximate surface area is 152 Å². The zero-order valence-corrected chi connectivity index (χ0v) is 14.9. The van der Waals surface area contributed by atoms with E-state index >= 15 is 0 Å². The number of hydrogen-bond acceptors (Lipinski definition) is 5. The fourth-order valence-corrected chi connectivity index (χ4v) is 3.64. The molecule has 5 nitrogen and oxygen atoms in total. The van der Waals surface area contributed by atoms with Crippen molar-refractivity contribution in [2.24, 2.45) is 5.92 Å². The lowest BCUT2D eigenvalue weighted by molar-refractivity contribution is -0.139. The molecule has 1 fully saturated rings. The predicted molar refractivity (Wildman–Crippen MR) is 90.2 cm³/mol. The molecule has 1 saturated heterocycles. The minimum atomic E-state index is -4.49. The van der Waals surface area contributed by atoms with Crippen molar-refractivity contribution >= 4 is 17.2 Å². The van der Waals surface area contributed by atoms with Crippen LogP contribution in [0, 0.1) is 12.8 Å². The number of halogens is 3. The van der Waals surface area contributed by atoms with Crippen LogP contribution in [-0.4, -0.2) is 40.5 Å². The zero-order chi connectivity index (χ0) is 18.7. The van der Waals surface area contributed by atoms with Gasteiger partial charge >= 0.3 is 6.18 Å². The number of nitrogens with zero attached hydrogens (tertiary/aromatic N) is 3. The minimum Gasteiger partial charge on any atom is -0.477 e. The van der Waals surface area contributed by atoms with Crippen LogP contribution >= 0.6 is 11.3 Å². The van der Waals surface area contributed by atoms with Crippen LogP contribution in [0.2, 0.25) is 0 Å². The number of hydrogen-bond donors (Lipinski definition) is 0. The van der Waals surface area contributed by atoms with Crippen molar-refractivity contribution in [1.29, 1.82) is 0 Å². The van der Waals surface area contributed by atoms with Gasteiger partial charge in [0.1, 0.15) is 10.4 Å². The Morgan fingerprint density at radius 3 is 2.69 bits per heavy atom. The lowest BCUT2D eigenvalue weighted by atomic mass is 9.97. The van der Waals surface area contributed by atoms with Crippen LogP contribution in [0.4, 0.5) is 13.2 Å². The number of piperidine rings is 1. The molecule has 3 rings (SSSR count). The normalized spacial score (nSPS) is 15.9.